The predicted octanol–water partition coefficient (Wildman–Crippen LogP) is 1.79. The Hall–Kier alpha value is -0.650. The summed E-state index contributed by atoms with van der Waals surface area (Å²) in [6.07, 6.45) is 0. The van der Waals surface area contributed by atoms with E-state index in [1.54, 1.807) is 19.1 Å². The maximum Gasteiger partial charge on any atom is 0.213 e. The van der Waals surface area contributed by atoms with Gasteiger partial charge in [0.2, 0.25) is 10.0 Å². The van der Waals surface area contributed by atoms with Crippen LogP contribution in [0.2, 0.25) is 0 Å². The van der Waals surface area contributed by atoms with Crippen LogP contribution in [-0.2, 0) is 16.6 Å². The molecule has 1 aromatic carbocycles. The van der Waals surface area contributed by atoms with E-state index in [1.165, 1.54) is 6.07 Å². The molecule has 0 heterocycles. The average molecular weight is 266 g/mol. The van der Waals surface area contributed by atoms with Crippen molar-refractivity contribution in [2.45, 2.75) is 13.5 Å². The Labute approximate surface area is 99.7 Å². The number of nitrogens with one attached hydrogen (secondary N) is 1. The Balaban J connectivity index is 2.65. The molecular formula is C10H13ClFNO2S. The summed E-state index contributed by atoms with van der Waals surface area (Å²) in [6, 6.07) is 4.61. The average Bonchev–Trinajstić information content (AvgIpc) is 2.20. The number of hydrogen-bond acceptors (Lipinski definition) is 2. The smallest absolute Gasteiger partial charge is 0.212 e. The number of sulfonamides is 1. The maximum atomic E-state index is 13.1. The summed E-state index contributed by atoms with van der Waals surface area (Å²) in [7, 11) is -3.36. The van der Waals surface area contributed by atoms with Gasteiger partial charge in [-0.15, -0.1) is 11.6 Å². The second-order valence-corrected chi connectivity index (χ2v) is 5.72. The summed E-state index contributed by atoms with van der Waals surface area (Å²) in [5.74, 6) is -0.436. The molecule has 0 bridgehead atoms. The van der Waals surface area contributed by atoms with Crippen LogP contribution in [0.1, 0.15) is 11.1 Å². The third-order valence-corrected chi connectivity index (χ3v) is 3.82. The summed E-state index contributed by atoms with van der Waals surface area (Å²) in [5.41, 5.74) is 1.12. The van der Waals surface area contributed by atoms with Crippen molar-refractivity contribution in [2.24, 2.45) is 0 Å². The monoisotopic (exact) mass is 265 g/mol. The van der Waals surface area contributed by atoms with E-state index in [4.69, 9.17) is 11.6 Å². The first-order valence-corrected chi connectivity index (χ1v) is 6.91. The van der Waals surface area contributed by atoms with Crippen LogP contribution in [0.4, 0.5) is 4.39 Å². The lowest BCUT2D eigenvalue weighted by Gasteiger charge is -2.06. The standard InChI is InChI=1S/C10H13ClFNO2S/c1-8-2-3-9(6-10(8)12)7-13-16(14,15)5-4-11/h2-3,6,13H,4-5,7H2,1H3. The van der Waals surface area contributed by atoms with Crippen molar-refractivity contribution >= 4 is 21.6 Å². The molecule has 0 fully saturated rings. The number of benzene rings is 1. The summed E-state index contributed by atoms with van der Waals surface area (Å²) >= 11 is 5.33. The van der Waals surface area contributed by atoms with Crippen LogP contribution in [-0.4, -0.2) is 20.1 Å². The Kier molecular flexibility index (Phi) is 4.70. The van der Waals surface area contributed by atoms with Gasteiger partial charge in [-0.3, -0.25) is 0 Å². The van der Waals surface area contributed by atoms with Crippen LogP contribution in [0.25, 0.3) is 0 Å². The van der Waals surface area contributed by atoms with E-state index in [1.807, 2.05) is 0 Å². The highest BCUT2D eigenvalue weighted by Crippen LogP contribution is 2.09. The Morgan fingerprint density at radius 3 is 2.69 bits per heavy atom. The van der Waals surface area contributed by atoms with E-state index < -0.39 is 10.0 Å². The molecule has 0 spiro atoms. The molecule has 1 rings (SSSR count). The van der Waals surface area contributed by atoms with Crippen molar-refractivity contribution in [1.82, 2.24) is 4.72 Å². The van der Waals surface area contributed by atoms with Crippen LogP contribution < -0.4 is 4.72 Å². The van der Waals surface area contributed by atoms with Crippen molar-refractivity contribution < 1.29 is 12.8 Å². The van der Waals surface area contributed by atoms with Gasteiger partial charge in [0.25, 0.3) is 0 Å². The number of alkyl halides is 1. The molecule has 16 heavy (non-hydrogen) atoms. The van der Waals surface area contributed by atoms with E-state index in [0.717, 1.165) is 0 Å². The molecule has 0 saturated carbocycles. The lowest BCUT2D eigenvalue weighted by Crippen LogP contribution is -2.26. The second-order valence-electron chi connectivity index (χ2n) is 3.41. The second kappa shape index (κ2) is 5.61. The molecule has 0 saturated heterocycles. The van der Waals surface area contributed by atoms with Crippen molar-refractivity contribution in [3.63, 3.8) is 0 Å². The maximum absolute atomic E-state index is 13.1. The minimum Gasteiger partial charge on any atom is -0.212 e. The molecular weight excluding hydrogens is 253 g/mol. The number of halogens is 2. The first kappa shape index (κ1) is 13.4. The molecule has 0 aliphatic heterocycles. The Bertz CT molecular complexity index is 462. The molecule has 0 atom stereocenters. The molecule has 0 aliphatic rings. The van der Waals surface area contributed by atoms with Gasteiger partial charge in [0.15, 0.2) is 0 Å². The van der Waals surface area contributed by atoms with E-state index >= 15 is 0 Å². The summed E-state index contributed by atoms with van der Waals surface area (Å²) in [5, 5.41) is 0. The summed E-state index contributed by atoms with van der Waals surface area (Å²) in [6.45, 7) is 1.73. The molecule has 0 aliphatic carbocycles. The first-order valence-electron chi connectivity index (χ1n) is 4.73. The summed E-state index contributed by atoms with van der Waals surface area (Å²) in [4.78, 5) is 0. The molecule has 1 N–H and O–H groups in total. The highest BCUT2D eigenvalue weighted by Gasteiger charge is 2.09. The minimum absolute atomic E-state index is 0.0393. The van der Waals surface area contributed by atoms with E-state index in [9.17, 15) is 12.8 Å². The zero-order valence-electron chi connectivity index (χ0n) is 8.83. The molecule has 0 unspecified atom stereocenters. The molecule has 0 radical (unpaired) electrons. The predicted molar refractivity (Wildman–Crippen MR) is 62.5 cm³/mol. The van der Waals surface area contributed by atoms with Crippen molar-refractivity contribution in [3.8, 4) is 0 Å². The van der Waals surface area contributed by atoms with Crippen LogP contribution in [0.15, 0.2) is 18.2 Å². The highest BCUT2D eigenvalue weighted by atomic mass is 35.5. The van der Waals surface area contributed by atoms with Gasteiger partial charge >= 0.3 is 0 Å². The van der Waals surface area contributed by atoms with E-state index in [2.05, 4.69) is 4.72 Å². The number of hydrogen-bond donors (Lipinski definition) is 1. The zero-order chi connectivity index (χ0) is 12.2. The minimum atomic E-state index is -3.36. The Morgan fingerprint density at radius 1 is 1.44 bits per heavy atom. The fraction of sp³-hybridized carbons (Fsp3) is 0.400. The molecule has 3 nitrogen and oxygen atoms in total. The van der Waals surface area contributed by atoms with Crippen LogP contribution in [0.5, 0.6) is 0 Å². The number of rotatable bonds is 5. The molecule has 0 amide bonds. The topological polar surface area (TPSA) is 46.2 Å². The quantitative estimate of drug-likeness (QED) is 0.825. The zero-order valence-corrected chi connectivity index (χ0v) is 10.4. The lowest BCUT2D eigenvalue weighted by atomic mass is 10.1. The molecule has 0 aromatic heterocycles. The normalized spacial score (nSPS) is 11.7. The van der Waals surface area contributed by atoms with E-state index in [0.29, 0.717) is 11.1 Å². The van der Waals surface area contributed by atoms with Gasteiger partial charge in [0.05, 0.1) is 5.75 Å². The van der Waals surface area contributed by atoms with Crippen molar-refractivity contribution in [3.05, 3.63) is 35.1 Å². The third kappa shape index (κ3) is 4.08. The molecule has 1 aromatic rings. The van der Waals surface area contributed by atoms with Gasteiger partial charge in [0, 0.05) is 12.4 Å². The lowest BCUT2D eigenvalue weighted by molar-refractivity contribution is 0.581. The third-order valence-electron chi connectivity index (χ3n) is 2.08. The van der Waals surface area contributed by atoms with Gasteiger partial charge in [-0.2, -0.15) is 0 Å². The molecule has 6 heteroatoms. The van der Waals surface area contributed by atoms with Crippen LogP contribution in [0, 0.1) is 12.7 Å². The first-order chi connectivity index (χ1) is 7.44. The molecule has 90 valence electrons. The van der Waals surface area contributed by atoms with Crippen LogP contribution >= 0.6 is 11.6 Å². The number of aryl methyl sites for hydroxylation is 1. The Morgan fingerprint density at radius 2 is 2.12 bits per heavy atom. The van der Waals surface area contributed by atoms with Crippen LogP contribution in [0.3, 0.4) is 0 Å². The van der Waals surface area contributed by atoms with Crippen molar-refractivity contribution in [1.29, 1.82) is 0 Å². The van der Waals surface area contributed by atoms with Gasteiger partial charge < -0.3 is 0 Å². The fourth-order valence-corrected chi connectivity index (χ4v) is 2.46. The van der Waals surface area contributed by atoms with Gasteiger partial charge in [0.1, 0.15) is 5.82 Å². The van der Waals surface area contributed by atoms with E-state index in [-0.39, 0.29) is 24.0 Å². The van der Waals surface area contributed by atoms with Gasteiger partial charge in [-0.05, 0) is 24.1 Å². The van der Waals surface area contributed by atoms with Gasteiger partial charge in [-0.25, -0.2) is 17.5 Å². The fourth-order valence-electron chi connectivity index (χ4n) is 1.11. The summed E-state index contributed by atoms with van der Waals surface area (Å²) < 4.78 is 38.0. The SMILES string of the molecule is Cc1ccc(CNS(=O)(=O)CCCl)cc1F. The largest absolute Gasteiger partial charge is 0.213 e. The highest BCUT2D eigenvalue weighted by molar-refractivity contribution is 7.89. The van der Waals surface area contributed by atoms with Gasteiger partial charge in [-0.1, -0.05) is 12.1 Å². The van der Waals surface area contributed by atoms with Crippen molar-refractivity contribution in [2.75, 3.05) is 11.6 Å².